The smallest absolute Gasteiger partial charge is 0.480 e. The Morgan fingerprint density at radius 3 is 2.27 bits per heavy atom. The highest BCUT2D eigenvalue weighted by Gasteiger charge is 2.47. The summed E-state index contributed by atoms with van der Waals surface area (Å²) in [5.74, 6) is -3.97. The summed E-state index contributed by atoms with van der Waals surface area (Å²) >= 11 is 1.41. The van der Waals surface area contributed by atoms with E-state index >= 15 is 4.39 Å². The summed E-state index contributed by atoms with van der Waals surface area (Å²) in [7, 11) is 0. The average molecular weight is 574 g/mol. The van der Waals surface area contributed by atoms with Gasteiger partial charge in [-0.2, -0.15) is 13.2 Å². The summed E-state index contributed by atoms with van der Waals surface area (Å²) in [6.45, 7) is 0.534. The highest BCUT2D eigenvalue weighted by molar-refractivity contribution is 7.21. The van der Waals surface area contributed by atoms with Crippen LogP contribution in [0.2, 0.25) is 0 Å². The van der Waals surface area contributed by atoms with E-state index in [0.29, 0.717) is 23.5 Å². The molecular weight excluding hydrogens is 550 g/mol. The predicted octanol–water partition coefficient (Wildman–Crippen LogP) is 5.74. The number of rotatable bonds is 5. The third-order valence-electron chi connectivity index (χ3n) is 7.19. The molecule has 2 aliphatic rings. The van der Waals surface area contributed by atoms with Gasteiger partial charge in [0.25, 0.3) is 0 Å². The molecule has 2 fully saturated rings. The number of halogens is 4. The van der Waals surface area contributed by atoms with E-state index < -0.39 is 24.2 Å². The van der Waals surface area contributed by atoms with Crippen molar-refractivity contribution in [2.45, 2.75) is 42.8 Å². The van der Waals surface area contributed by atoms with Gasteiger partial charge in [0.2, 0.25) is 0 Å². The molecule has 2 aromatic heterocycles. The van der Waals surface area contributed by atoms with Crippen LogP contribution in [0, 0.1) is 5.82 Å². The summed E-state index contributed by atoms with van der Waals surface area (Å²) in [5.41, 5.74) is 4.36. The number of pyridine rings is 1. The van der Waals surface area contributed by atoms with E-state index in [0.717, 1.165) is 34.4 Å². The van der Waals surface area contributed by atoms with Crippen molar-refractivity contribution in [3.8, 4) is 10.6 Å². The number of fused-ring (bicyclic) bond motifs is 1. The van der Waals surface area contributed by atoms with Gasteiger partial charge in [0.05, 0.1) is 5.69 Å². The Balaban J connectivity index is 0.000000411. The number of carbonyl (C=O) groups is 2. The van der Waals surface area contributed by atoms with Crippen molar-refractivity contribution in [2.24, 2.45) is 0 Å². The monoisotopic (exact) mass is 573 g/mol. The van der Waals surface area contributed by atoms with Crippen molar-refractivity contribution in [1.82, 2.24) is 15.3 Å². The summed E-state index contributed by atoms with van der Waals surface area (Å²) in [5, 5.41) is 19.9. The lowest BCUT2D eigenvalue weighted by molar-refractivity contribution is -0.192. The number of aliphatic carboxylic acids is 2. The van der Waals surface area contributed by atoms with Crippen LogP contribution >= 0.6 is 11.3 Å². The molecule has 3 heterocycles. The van der Waals surface area contributed by atoms with Crippen molar-refractivity contribution >= 4 is 33.6 Å². The number of nitrogens with zero attached hydrogens (tertiary/aromatic N) is 2. The van der Waals surface area contributed by atoms with Gasteiger partial charge in [0.15, 0.2) is 0 Å². The lowest BCUT2D eigenvalue weighted by atomic mass is 9.92. The minimum absolute atomic E-state index is 0.0121. The molecule has 12 heteroatoms. The fourth-order valence-electron chi connectivity index (χ4n) is 4.91. The van der Waals surface area contributed by atoms with Gasteiger partial charge in [0, 0.05) is 17.5 Å². The summed E-state index contributed by atoms with van der Waals surface area (Å²) in [6.07, 6.45) is -2.46. The van der Waals surface area contributed by atoms with E-state index in [1.807, 2.05) is 18.2 Å². The van der Waals surface area contributed by atoms with Crippen molar-refractivity contribution in [1.29, 1.82) is 0 Å². The quantitative estimate of drug-likeness (QED) is 0.261. The Labute approximate surface area is 229 Å². The van der Waals surface area contributed by atoms with Gasteiger partial charge in [-0.3, -0.25) is 4.79 Å². The summed E-state index contributed by atoms with van der Waals surface area (Å²) < 4.78 is 46.8. The van der Waals surface area contributed by atoms with Crippen LogP contribution in [0.1, 0.15) is 42.0 Å². The first-order valence-electron chi connectivity index (χ1n) is 12.4. The summed E-state index contributed by atoms with van der Waals surface area (Å²) in [4.78, 5) is 30.5. The molecule has 0 amide bonds. The SMILES string of the molecule is O=C(O)C(F)(F)F.O=C(O)[C@@H]1C[C@H](c2ccc(-c3nc4ccc(C5(c6ccccc6)CC5)nc4s3)c(F)c2)CN1. The minimum Gasteiger partial charge on any atom is -0.480 e. The largest absolute Gasteiger partial charge is 0.490 e. The number of benzene rings is 2. The average Bonchev–Trinajstić information content (AvgIpc) is 3.37. The molecule has 1 saturated heterocycles. The first-order chi connectivity index (χ1) is 19.0. The Morgan fingerprint density at radius 1 is 1.00 bits per heavy atom. The molecule has 0 unspecified atom stereocenters. The van der Waals surface area contributed by atoms with Gasteiger partial charge in [-0.1, -0.05) is 47.7 Å². The van der Waals surface area contributed by atoms with E-state index in [4.69, 9.17) is 14.9 Å². The third-order valence-corrected chi connectivity index (χ3v) is 8.19. The molecular formula is C28H23F4N3O4S. The standard InChI is InChI=1S/C26H22FN3O2S.C2HF3O2/c27-19-12-15(16-13-21(25(31)32)28-14-16)6-7-18(19)23-29-20-8-9-22(30-24(20)33-23)26(10-11-26)17-4-2-1-3-5-17;3-2(4,5)1(6)7/h1-9,12,16,21,28H,10-11,13-14H2,(H,31,32);(H,6,7)/t16-,21-;/m0./s1. The predicted molar refractivity (Wildman–Crippen MR) is 140 cm³/mol. The van der Waals surface area contributed by atoms with Gasteiger partial charge in [-0.05, 0) is 60.6 Å². The molecule has 3 N–H and O–H groups in total. The molecule has 208 valence electrons. The maximum atomic E-state index is 15.1. The van der Waals surface area contributed by atoms with Gasteiger partial charge >= 0.3 is 18.1 Å². The van der Waals surface area contributed by atoms with Crippen LogP contribution in [-0.4, -0.2) is 50.9 Å². The molecule has 1 saturated carbocycles. The lowest BCUT2D eigenvalue weighted by Crippen LogP contribution is -2.29. The number of alkyl halides is 3. The van der Waals surface area contributed by atoms with Gasteiger partial charge < -0.3 is 15.5 Å². The molecule has 1 aliphatic heterocycles. The molecule has 4 aromatic rings. The zero-order valence-corrected chi connectivity index (χ0v) is 21.6. The van der Waals surface area contributed by atoms with Gasteiger partial charge in [0.1, 0.15) is 27.2 Å². The molecule has 0 bridgehead atoms. The fraction of sp³-hybridized carbons (Fsp3) is 0.286. The molecule has 2 aromatic carbocycles. The second-order valence-corrected chi connectivity index (χ2v) is 10.7. The van der Waals surface area contributed by atoms with Crippen molar-refractivity contribution in [2.75, 3.05) is 6.54 Å². The van der Waals surface area contributed by atoms with Crippen molar-refractivity contribution in [3.63, 3.8) is 0 Å². The van der Waals surface area contributed by atoms with Crippen LogP contribution in [0.3, 0.4) is 0 Å². The van der Waals surface area contributed by atoms with Crippen molar-refractivity contribution < 1.29 is 37.4 Å². The number of carboxylic acids is 2. The van der Waals surface area contributed by atoms with E-state index in [9.17, 15) is 23.1 Å². The zero-order valence-electron chi connectivity index (χ0n) is 20.8. The number of aromatic nitrogens is 2. The summed E-state index contributed by atoms with van der Waals surface area (Å²) in [6, 6.07) is 19.1. The van der Waals surface area contributed by atoms with Crippen LogP contribution in [0.4, 0.5) is 17.6 Å². The maximum Gasteiger partial charge on any atom is 0.490 e. The Morgan fingerprint density at radius 2 is 1.70 bits per heavy atom. The Hall–Kier alpha value is -3.90. The highest BCUT2D eigenvalue weighted by Crippen LogP contribution is 2.53. The first kappa shape index (κ1) is 27.7. The normalized spacial score (nSPS) is 19.6. The molecule has 1 aliphatic carbocycles. The van der Waals surface area contributed by atoms with Crippen LogP contribution in [-0.2, 0) is 15.0 Å². The number of nitrogens with one attached hydrogen (secondary N) is 1. The van der Waals surface area contributed by atoms with E-state index in [1.54, 1.807) is 6.07 Å². The van der Waals surface area contributed by atoms with E-state index in [-0.39, 0.29) is 17.2 Å². The molecule has 40 heavy (non-hydrogen) atoms. The van der Waals surface area contributed by atoms with Gasteiger partial charge in [-0.25, -0.2) is 19.2 Å². The number of carboxylic acid groups (broad SMARTS) is 2. The molecule has 6 rings (SSSR count). The van der Waals surface area contributed by atoms with Crippen LogP contribution in [0.25, 0.3) is 20.9 Å². The first-order valence-corrected chi connectivity index (χ1v) is 13.2. The topological polar surface area (TPSA) is 112 Å². The minimum atomic E-state index is -5.08. The van der Waals surface area contributed by atoms with Crippen molar-refractivity contribution in [3.05, 3.63) is 83.3 Å². The van der Waals surface area contributed by atoms with Crippen LogP contribution < -0.4 is 5.32 Å². The fourth-order valence-corrected chi connectivity index (χ4v) is 5.88. The molecule has 0 spiro atoms. The molecule has 2 atom stereocenters. The van der Waals surface area contributed by atoms with Gasteiger partial charge in [-0.15, -0.1) is 0 Å². The second-order valence-electron chi connectivity index (χ2n) is 9.76. The number of thiazole rings is 1. The number of hydrogen-bond donors (Lipinski definition) is 3. The third kappa shape index (κ3) is 5.54. The second kappa shape index (κ2) is 10.6. The number of hydrogen-bond acceptors (Lipinski definition) is 6. The van der Waals surface area contributed by atoms with Crippen LogP contribution in [0.15, 0.2) is 60.7 Å². The Kier molecular flexibility index (Phi) is 7.32. The molecule has 0 radical (unpaired) electrons. The molecule has 7 nitrogen and oxygen atoms in total. The zero-order chi connectivity index (χ0) is 28.7. The van der Waals surface area contributed by atoms with Crippen LogP contribution in [0.5, 0.6) is 0 Å². The lowest BCUT2D eigenvalue weighted by Gasteiger charge is -2.14. The van der Waals surface area contributed by atoms with E-state index in [1.165, 1.54) is 23.0 Å². The van der Waals surface area contributed by atoms with E-state index in [2.05, 4.69) is 40.6 Å². The maximum absolute atomic E-state index is 15.1. The Bertz CT molecular complexity index is 1570. The highest BCUT2D eigenvalue weighted by atomic mass is 32.1.